The maximum absolute atomic E-state index is 12.2. The predicted molar refractivity (Wildman–Crippen MR) is 102 cm³/mol. The Bertz CT molecular complexity index is 860. The highest BCUT2D eigenvalue weighted by molar-refractivity contribution is 7.92. The number of carbonyl (C=O) groups is 1. The lowest BCUT2D eigenvalue weighted by molar-refractivity contribution is -0.125. The summed E-state index contributed by atoms with van der Waals surface area (Å²) in [6, 6.07) is 14.1. The van der Waals surface area contributed by atoms with Crippen molar-refractivity contribution in [3.8, 4) is 0 Å². The molecule has 0 aromatic heterocycles. The van der Waals surface area contributed by atoms with Crippen molar-refractivity contribution in [2.45, 2.75) is 6.54 Å². The van der Waals surface area contributed by atoms with Gasteiger partial charge in [0.1, 0.15) is 0 Å². The Morgan fingerprint density at radius 1 is 1.12 bits per heavy atom. The zero-order valence-electron chi connectivity index (χ0n) is 13.9. The molecule has 5 nitrogen and oxygen atoms in total. The highest BCUT2D eigenvalue weighted by Crippen LogP contribution is 2.13. The molecule has 0 aliphatic rings. The first-order valence-electron chi connectivity index (χ1n) is 7.48. The lowest BCUT2D eigenvalue weighted by Crippen LogP contribution is -2.24. The van der Waals surface area contributed by atoms with E-state index in [1.54, 1.807) is 54.4 Å². The standard InChI is InChI=1S/C18H19ClN2O3S/c1-21(13-15-3-8-16(19)9-4-15)18(22)12-7-14-5-10-17(11-6-14)20-25(2,23)24/h3-12,20H,13H2,1-2H3/b12-7+. The molecule has 25 heavy (non-hydrogen) atoms. The minimum Gasteiger partial charge on any atom is -0.338 e. The van der Waals surface area contributed by atoms with Crippen LogP contribution in [0.15, 0.2) is 54.6 Å². The summed E-state index contributed by atoms with van der Waals surface area (Å²) in [7, 11) is -1.57. The van der Waals surface area contributed by atoms with Crippen LogP contribution in [0.3, 0.4) is 0 Å². The molecule has 0 radical (unpaired) electrons. The van der Waals surface area contributed by atoms with Gasteiger partial charge in [-0.3, -0.25) is 9.52 Å². The number of likely N-dealkylation sites (N-methyl/N-ethyl adjacent to an activating group) is 1. The number of sulfonamides is 1. The van der Waals surface area contributed by atoms with Crippen molar-refractivity contribution in [3.63, 3.8) is 0 Å². The average Bonchev–Trinajstić information content (AvgIpc) is 2.54. The zero-order chi connectivity index (χ0) is 18.4. The zero-order valence-corrected chi connectivity index (χ0v) is 15.5. The molecular weight excluding hydrogens is 360 g/mol. The number of benzene rings is 2. The van der Waals surface area contributed by atoms with E-state index in [9.17, 15) is 13.2 Å². The molecule has 0 aliphatic heterocycles. The number of carbonyl (C=O) groups excluding carboxylic acids is 1. The third-order valence-corrected chi connectivity index (χ3v) is 4.20. The van der Waals surface area contributed by atoms with Crippen molar-refractivity contribution < 1.29 is 13.2 Å². The topological polar surface area (TPSA) is 66.5 Å². The summed E-state index contributed by atoms with van der Waals surface area (Å²) >= 11 is 5.85. The first-order valence-corrected chi connectivity index (χ1v) is 9.75. The predicted octanol–water partition coefficient (Wildman–Crippen LogP) is 3.38. The highest BCUT2D eigenvalue weighted by Gasteiger charge is 2.06. The number of hydrogen-bond donors (Lipinski definition) is 1. The normalized spacial score (nSPS) is 11.5. The summed E-state index contributed by atoms with van der Waals surface area (Å²) in [5.74, 6) is -0.131. The van der Waals surface area contributed by atoms with Crippen LogP contribution in [0.25, 0.3) is 6.08 Å². The van der Waals surface area contributed by atoms with Crippen molar-refractivity contribution in [3.05, 3.63) is 70.8 Å². The molecule has 0 atom stereocenters. The third-order valence-electron chi connectivity index (χ3n) is 3.34. The maximum Gasteiger partial charge on any atom is 0.246 e. The van der Waals surface area contributed by atoms with E-state index in [4.69, 9.17) is 11.6 Å². The second-order valence-corrected chi connectivity index (χ2v) is 7.84. The molecule has 2 rings (SSSR count). The van der Waals surface area contributed by atoms with Gasteiger partial charge in [0.05, 0.1) is 6.26 Å². The Hall–Kier alpha value is -2.31. The van der Waals surface area contributed by atoms with Gasteiger partial charge >= 0.3 is 0 Å². The number of amides is 1. The van der Waals surface area contributed by atoms with Gasteiger partial charge in [0.25, 0.3) is 0 Å². The lowest BCUT2D eigenvalue weighted by Gasteiger charge is -2.15. The molecule has 7 heteroatoms. The minimum absolute atomic E-state index is 0.131. The van der Waals surface area contributed by atoms with Gasteiger partial charge in [-0.25, -0.2) is 8.42 Å². The van der Waals surface area contributed by atoms with Crippen molar-refractivity contribution in [1.82, 2.24) is 4.90 Å². The molecule has 0 fully saturated rings. The van der Waals surface area contributed by atoms with Crippen molar-refractivity contribution in [2.24, 2.45) is 0 Å². The van der Waals surface area contributed by atoms with Crippen LogP contribution < -0.4 is 4.72 Å². The summed E-state index contributed by atoms with van der Waals surface area (Å²) < 4.78 is 24.7. The van der Waals surface area contributed by atoms with Gasteiger partial charge in [-0.05, 0) is 41.5 Å². The lowest BCUT2D eigenvalue weighted by atomic mass is 10.2. The molecule has 132 valence electrons. The van der Waals surface area contributed by atoms with Crippen LogP contribution in [0.1, 0.15) is 11.1 Å². The van der Waals surface area contributed by atoms with E-state index in [1.165, 1.54) is 6.08 Å². The fourth-order valence-corrected chi connectivity index (χ4v) is 2.80. The Kier molecular flexibility index (Phi) is 6.22. The number of hydrogen-bond acceptors (Lipinski definition) is 3. The van der Waals surface area contributed by atoms with E-state index in [-0.39, 0.29) is 5.91 Å². The number of halogens is 1. The van der Waals surface area contributed by atoms with Crippen LogP contribution >= 0.6 is 11.6 Å². The van der Waals surface area contributed by atoms with Crippen LogP contribution in [0.5, 0.6) is 0 Å². The van der Waals surface area contributed by atoms with E-state index in [0.29, 0.717) is 17.3 Å². The quantitative estimate of drug-likeness (QED) is 0.783. The SMILES string of the molecule is CN(Cc1ccc(Cl)cc1)C(=O)/C=C/c1ccc(NS(C)(=O)=O)cc1. The highest BCUT2D eigenvalue weighted by atomic mass is 35.5. The molecule has 0 aliphatic carbocycles. The molecule has 0 saturated carbocycles. The summed E-state index contributed by atoms with van der Waals surface area (Å²) in [4.78, 5) is 13.8. The monoisotopic (exact) mass is 378 g/mol. The second-order valence-electron chi connectivity index (χ2n) is 5.65. The molecule has 0 spiro atoms. The average molecular weight is 379 g/mol. The van der Waals surface area contributed by atoms with E-state index in [2.05, 4.69) is 4.72 Å². The summed E-state index contributed by atoms with van der Waals surface area (Å²) in [5.41, 5.74) is 2.27. The number of anilines is 1. The molecule has 1 amide bonds. The van der Waals surface area contributed by atoms with Gasteiger partial charge in [0, 0.05) is 30.4 Å². The molecular formula is C18H19ClN2O3S. The van der Waals surface area contributed by atoms with E-state index < -0.39 is 10.0 Å². The smallest absolute Gasteiger partial charge is 0.246 e. The Morgan fingerprint density at radius 3 is 2.28 bits per heavy atom. The Balaban J connectivity index is 1.95. The van der Waals surface area contributed by atoms with Crippen LogP contribution in [0.4, 0.5) is 5.69 Å². The van der Waals surface area contributed by atoms with Crippen molar-refractivity contribution in [2.75, 3.05) is 18.0 Å². The van der Waals surface area contributed by atoms with Crippen molar-refractivity contribution >= 4 is 39.3 Å². The molecule has 0 heterocycles. The number of rotatable bonds is 6. The number of nitrogens with one attached hydrogen (secondary N) is 1. The van der Waals surface area contributed by atoms with Gasteiger partial charge in [0.15, 0.2) is 0 Å². The Labute approximate surface area is 153 Å². The van der Waals surface area contributed by atoms with Crippen LogP contribution in [0.2, 0.25) is 5.02 Å². The minimum atomic E-state index is -3.30. The van der Waals surface area contributed by atoms with E-state index in [0.717, 1.165) is 17.4 Å². The molecule has 2 aromatic rings. The summed E-state index contributed by atoms with van der Waals surface area (Å²) in [6.45, 7) is 0.484. The molecule has 0 saturated heterocycles. The molecule has 1 N–H and O–H groups in total. The van der Waals surface area contributed by atoms with Crippen LogP contribution in [0, 0.1) is 0 Å². The Morgan fingerprint density at radius 2 is 1.72 bits per heavy atom. The first-order chi connectivity index (χ1) is 11.7. The number of nitrogens with zero attached hydrogens (tertiary/aromatic N) is 1. The van der Waals surface area contributed by atoms with Gasteiger partial charge in [-0.15, -0.1) is 0 Å². The van der Waals surface area contributed by atoms with Crippen molar-refractivity contribution in [1.29, 1.82) is 0 Å². The first kappa shape index (κ1) is 19.0. The van der Waals surface area contributed by atoms with E-state index >= 15 is 0 Å². The van der Waals surface area contributed by atoms with Crippen LogP contribution in [-0.2, 0) is 21.4 Å². The second kappa shape index (κ2) is 8.18. The molecule has 0 unspecified atom stereocenters. The summed E-state index contributed by atoms with van der Waals surface area (Å²) in [5, 5.41) is 0.659. The molecule has 2 aromatic carbocycles. The molecule has 0 bridgehead atoms. The summed E-state index contributed by atoms with van der Waals surface area (Å²) in [6.07, 6.45) is 4.26. The van der Waals surface area contributed by atoms with Crippen LogP contribution in [-0.4, -0.2) is 32.5 Å². The van der Waals surface area contributed by atoms with Gasteiger partial charge in [-0.2, -0.15) is 0 Å². The van der Waals surface area contributed by atoms with Gasteiger partial charge < -0.3 is 4.90 Å². The van der Waals surface area contributed by atoms with Gasteiger partial charge in [0.2, 0.25) is 15.9 Å². The van der Waals surface area contributed by atoms with E-state index in [1.807, 2.05) is 12.1 Å². The largest absolute Gasteiger partial charge is 0.338 e. The van der Waals surface area contributed by atoms with Gasteiger partial charge in [-0.1, -0.05) is 35.9 Å². The fourth-order valence-electron chi connectivity index (χ4n) is 2.11. The fraction of sp³-hybridized carbons (Fsp3) is 0.167. The maximum atomic E-state index is 12.2. The third kappa shape index (κ3) is 6.60.